The zero-order chi connectivity index (χ0) is 31.6. The summed E-state index contributed by atoms with van der Waals surface area (Å²) in [7, 11) is 3.98. The number of aromatic nitrogens is 6. The lowest BCUT2D eigenvalue weighted by molar-refractivity contribution is 0.425. The van der Waals surface area contributed by atoms with Crippen molar-refractivity contribution in [3.8, 4) is 33.8 Å². The Labute approximate surface area is 265 Å². The number of nitrogens with one attached hydrogen (secondary N) is 4. The molecule has 9 nitrogen and oxygen atoms in total. The Morgan fingerprint density at radius 2 is 1.85 bits per heavy atom. The van der Waals surface area contributed by atoms with E-state index >= 15 is 4.39 Å². The van der Waals surface area contributed by atoms with Crippen LogP contribution in [0.4, 0.5) is 14.5 Å². The van der Waals surface area contributed by atoms with Gasteiger partial charge in [0, 0.05) is 60.6 Å². The fourth-order valence-corrected chi connectivity index (χ4v) is 6.36. The van der Waals surface area contributed by atoms with E-state index in [0.29, 0.717) is 74.6 Å². The van der Waals surface area contributed by atoms with E-state index in [1.165, 1.54) is 37.8 Å². The maximum Gasteiger partial charge on any atom is 0.161 e. The van der Waals surface area contributed by atoms with Crippen LogP contribution in [0.15, 0.2) is 61.1 Å². The molecule has 46 heavy (non-hydrogen) atoms. The van der Waals surface area contributed by atoms with Crippen molar-refractivity contribution in [2.45, 2.75) is 32.2 Å². The normalized spacial score (nSPS) is 13.8. The van der Waals surface area contributed by atoms with Crippen molar-refractivity contribution in [3.63, 3.8) is 0 Å². The number of likely N-dealkylation sites (N-methyl/N-ethyl adjacent to an activating group) is 1. The first kappa shape index (κ1) is 29.9. The van der Waals surface area contributed by atoms with Crippen molar-refractivity contribution in [3.05, 3.63) is 78.3 Å². The van der Waals surface area contributed by atoms with Crippen molar-refractivity contribution in [2.24, 2.45) is 5.92 Å². The van der Waals surface area contributed by atoms with E-state index in [2.05, 4.69) is 40.7 Å². The van der Waals surface area contributed by atoms with Gasteiger partial charge in [-0.05, 0) is 93.0 Å². The third-order valence-corrected chi connectivity index (χ3v) is 8.72. The van der Waals surface area contributed by atoms with Gasteiger partial charge in [-0.25, -0.2) is 18.7 Å². The molecule has 7 rings (SSSR count). The number of hydrogen-bond acceptors (Lipinski definition) is 7. The van der Waals surface area contributed by atoms with Crippen molar-refractivity contribution < 1.29 is 8.78 Å². The fourth-order valence-electron chi connectivity index (χ4n) is 6.36. The smallest absolute Gasteiger partial charge is 0.161 e. The van der Waals surface area contributed by atoms with E-state index in [-0.39, 0.29) is 5.82 Å². The Morgan fingerprint density at radius 3 is 2.70 bits per heavy atom. The molecule has 0 saturated heterocycles. The summed E-state index contributed by atoms with van der Waals surface area (Å²) in [6, 6.07) is 12.2. The Morgan fingerprint density at radius 1 is 0.978 bits per heavy atom. The summed E-state index contributed by atoms with van der Waals surface area (Å²) in [4.78, 5) is 19.0. The number of fused-ring (bicyclic) bond motifs is 2. The molecule has 0 atom stereocenters. The van der Waals surface area contributed by atoms with Gasteiger partial charge < -0.3 is 20.5 Å². The van der Waals surface area contributed by atoms with Gasteiger partial charge in [-0.15, -0.1) is 0 Å². The van der Waals surface area contributed by atoms with Crippen LogP contribution in [0.5, 0.6) is 0 Å². The number of benzene rings is 2. The number of anilines is 1. The van der Waals surface area contributed by atoms with E-state index in [0.717, 1.165) is 24.6 Å². The van der Waals surface area contributed by atoms with Crippen molar-refractivity contribution in [2.75, 3.05) is 39.0 Å². The van der Waals surface area contributed by atoms with Crippen molar-refractivity contribution >= 4 is 27.8 Å². The lowest BCUT2D eigenvalue weighted by Crippen LogP contribution is -2.20. The molecule has 1 aliphatic carbocycles. The third-order valence-electron chi connectivity index (χ3n) is 8.72. The van der Waals surface area contributed by atoms with Crippen LogP contribution in [0.1, 0.15) is 31.2 Å². The van der Waals surface area contributed by atoms with E-state index in [9.17, 15) is 4.39 Å². The Bertz CT molecular complexity index is 1990. The van der Waals surface area contributed by atoms with Gasteiger partial charge >= 0.3 is 0 Å². The van der Waals surface area contributed by atoms with Crippen LogP contribution < -0.4 is 10.6 Å². The maximum atomic E-state index is 16.4. The van der Waals surface area contributed by atoms with E-state index in [1.807, 2.05) is 38.5 Å². The van der Waals surface area contributed by atoms with Crippen LogP contribution in [-0.2, 0) is 6.54 Å². The highest BCUT2D eigenvalue weighted by molar-refractivity contribution is 5.98. The first-order chi connectivity index (χ1) is 22.4. The number of rotatable bonds is 11. The predicted molar refractivity (Wildman–Crippen MR) is 178 cm³/mol. The second-order valence-corrected chi connectivity index (χ2v) is 12.4. The second kappa shape index (κ2) is 12.9. The highest BCUT2D eigenvalue weighted by Crippen LogP contribution is 2.36. The Hall–Kier alpha value is -4.74. The van der Waals surface area contributed by atoms with Gasteiger partial charge in [0.15, 0.2) is 11.5 Å². The van der Waals surface area contributed by atoms with Crippen LogP contribution in [0.2, 0.25) is 0 Å². The average molecular weight is 622 g/mol. The quantitative estimate of drug-likeness (QED) is 0.127. The summed E-state index contributed by atoms with van der Waals surface area (Å²) in [6.07, 6.45) is 10.4. The van der Waals surface area contributed by atoms with E-state index in [1.54, 1.807) is 24.5 Å². The number of hydrogen-bond donors (Lipinski definition) is 4. The molecular formula is C35H37F2N9. The summed E-state index contributed by atoms with van der Waals surface area (Å²) < 4.78 is 31.1. The summed E-state index contributed by atoms with van der Waals surface area (Å²) in [6.45, 7) is 3.16. The lowest BCUT2D eigenvalue weighted by Gasteiger charge is -2.12. The van der Waals surface area contributed by atoms with E-state index in [4.69, 9.17) is 4.98 Å². The SMILES string of the molecule is CN(C)CCNc1cc(F)cc(-c2ccnc3[nH]c(-c4n[nH]c5ccc(-c6cncc(CNCC7CCCC7)c6)c(F)c45)nc23)c1. The molecule has 0 bridgehead atoms. The molecule has 0 aliphatic heterocycles. The minimum Gasteiger partial charge on any atom is -0.384 e. The van der Waals surface area contributed by atoms with Gasteiger partial charge in [0.1, 0.15) is 22.8 Å². The number of pyridine rings is 2. The number of imidazole rings is 1. The van der Waals surface area contributed by atoms with Gasteiger partial charge in [0.25, 0.3) is 0 Å². The number of aromatic amines is 2. The van der Waals surface area contributed by atoms with Gasteiger partial charge in [-0.3, -0.25) is 10.1 Å². The van der Waals surface area contributed by atoms with Crippen molar-refractivity contribution in [1.82, 2.24) is 40.3 Å². The third kappa shape index (κ3) is 6.20. The minimum absolute atomic E-state index is 0.320. The molecule has 1 fully saturated rings. The molecule has 236 valence electrons. The Kier molecular flexibility index (Phi) is 8.42. The molecule has 2 aromatic carbocycles. The van der Waals surface area contributed by atoms with Crippen LogP contribution in [0.3, 0.4) is 0 Å². The molecule has 0 radical (unpaired) electrons. The summed E-state index contributed by atoms with van der Waals surface area (Å²) in [5, 5.41) is 14.5. The maximum absolute atomic E-state index is 16.4. The highest BCUT2D eigenvalue weighted by atomic mass is 19.1. The fraction of sp³-hybridized carbons (Fsp3) is 0.314. The molecule has 4 aromatic heterocycles. The molecular weight excluding hydrogens is 584 g/mol. The van der Waals surface area contributed by atoms with Crippen molar-refractivity contribution in [1.29, 1.82) is 0 Å². The molecule has 0 spiro atoms. The number of nitrogens with zero attached hydrogens (tertiary/aromatic N) is 5. The van der Waals surface area contributed by atoms with Gasteiger partial charge in [0.2, 0.25) is 0 Å². The predicted octanol–water partition coefficient (Wildman–Crippen LogP) is 6.76. The topological polar surface area (TPSA) is 110 Å². The average Bonchev–Trinajstić information content (AvgIpc) is 3.81. The number of H-pyrrole nitrogens is 2. The highest BCUT2D eigenvalue weighted by Gasteiger charge is 2.21. The second-order valence-electron chi connectivity index (χ2n) is 12.4. The van der Waals surface area contributed by atoms with Crippen LogP contribution in [0, 0.1) is 17.6 Å². The first-order valence-corrected chi connectivity index (χ1v) is 15.8. The number of halogens is 2. The monoisotopic (exact) mass is 621 g/mol. The summed E-state index contributed by atoms with van der Waals surface area (Å²) in [5.41, 5.74) is 6.09. The first-order valence-electron chi connectivity index (χ1n) is 15.8. The molecule has 4 heterocycles. The zero-order valence-electron chi connectivity index (χ0n) is 26.0. The summed E-state index contributed by atoms with van der Waals surface area (Å²) in [5.74, 6) is 0.329. The lowest BCUT2D eigenvalue weighted by atomic mass is 10.0. The molecule has 6 aromatic rings. The minimum atomic E-state index is -0.411. The van der Waals surface area contributed by atoms with E-state index < -0.39 is 5.82 Å². The molecule has 1 saturated carbocycles. The van der Waals surface area contributed by atoms with Gasteiger partial charge in [-0.1, -0.05) is 12.8 Å². The van der Waals surface area contributed by atoms with Crippen LogP contribution in [0.25, 0.3) is 55.8 Å². The van der Waals surface area contributed by atoms with Gasteiger partial charge in [0.05, 0.1) is 10.9 Å². The molecule has 11 heteroatoms. The zero-order valence-corrected chi connectivity index (χ0v) is 26.0. The van der Waals surface area contributed by atoms with Crippen LogP contribution in [-0.4, -0.2) is 68.8 Å². The standard InChI is InChI=1S/C35H37F2N9/c1-46(2)12-11-40-26-15-23(14-25(36)16-26)28-9-10-41-34-32(28)42-35(43-34)33-30-29(44-45-33)8-7-27(31(30)37)24-13-22(19-39-20-24)18-38-17-21-5-3-4-6-21/h7-10,13-16,19-21,38,40H,3-6,11-12,17-18H2,1-2H3,(H,44,45)(H,41,42,43). The molecule has 0 amide bonds. The summed E-state index contributed by atoms with van der Waals surface area (Å²) >= 11 is 0. The van der Waals surface area contributed by atoms with Gasteiger partial charge in [-0.2, -0.15) is 5.10 Å². The Balaban J connectivity index is 1.20. The molecule has 0 unspecified atom stereocenters. The molecule has 1 aliphatic rings. The molecule has 4 N–H and O–H groups in total. The largest absolute Gasteiger partial charge is 0.384 e. The van der Waals surface area contributed by atoms with Crippen LogP contribution >= 0.6 is 0 Å².